The maximum absolute atomic E-state index is 4.44. The molecule has 0 amide bonds. The highest BCUT2D eigenvalue weighted by Crippen LogP contribution is 2.43. The van der Waals surface area contributed by atoms with Crippen molar-refractivity contribution in [3.05, 3.63) is 18.0 Å². The second kappa shape index (κ2) is 6.95. The highest BCUT2D eigenvalue weighted by atomic mass is 15.3. The molecule has 1 N–H and O–H groups in total. The SMILES string of the molecule is CCn1cc(CC2CC(C(C)(C)C)CCC2CNC)cn1. The Balaban J connectivity index is 2.06. The molecule has 0 saturated heterocycles. The first-order valence-corrected chi connectivity index (χ1v) is 8.60. The first-order valence-electron chi connectivity index (χ1n) is 8.60. The summed E-state index contributed by atoms with van der Waals surface area (Å²) >= 11 is 0. The standard InChI is InChI=1S/C18H33N3/c1-6-21-13-14(11-20-21)9-16-10-17(18(2,3)4)8-7-15(16)12-19-5/h11,13,15-17,19H,6-10,12H2,1-5H3. The lowest BCUT2D eigenvalue weighted by Gasteiger charge is -2.42. The van der Waals surface area contributed by atoms with Crippen LogP contribution >= 0.6 is 0 Å². The summed E-state index contributed by atoms with van der Waals surface area (Å²) in [5.74, 6) is 2.47. The van der Waals surface area contributed by atoms with Crippen LogP contribution in [-0.4, -0.2) is 23.4 Å². The average molecular weight is 291 g/mol. The molecule has 0 radical (unpaired) electrons. The van der Waals surface area contributed by atoms with Crippen molar-refractivity contribution in [3.63, 3.8) is 0 Å². The molecule has 0 bridgehead atoms. The predicted molar refractivity (Wildman–Crippen MR) is 89.3 cm³/mol. The zero-order valence-electron chi connectivity index (χ0n) is 14.5. The smallest absolute Gasteiger partial charge is 0.0521 e. The lowest BCUT2D eigenvalue weighted by Crippen LogP contribution is -2.36. The minimum atomic E-state index is 0.441. The van der Waals surface area contributed by atoms with Gasteiger partial charge in [0.25, 0.3) is 0 Å². The molecule has 21 heavy (non-hydrogen) atoms. The molecule has 1 heterocycles. The third kappa shape index (κ3) is 4.32. The first kappa shape index (κ1) is 16.5. The van der Waals surface area contributed by atoms with Crippen LogP contribution in [-0.2, 0) is 13.0 Å². The molecule has 1 aromatic rings. The van der Waals surface area contributed by atoms with Gasteiger partial charge in [0.2, 0.25) is 0 Å². The molecule has 0 aliphatic heterocycles. The van der Waals surface area contributed by atoms with Gasteiger partial charge >= 0.3 is 0 Å². The number of nitrogens with one attached hydrogen (secondary N) is 1. The van der Waals surface area contributed by atoms with Crippen molar-refractivity contribution in [2.75, 3.05) is 13.6 Å². The van der Waals surface area contributed by atoms with Gasteiger partial charge in [-0.2, -0.15) is 5.10 Å². The molecule has 0 spiro atoms. The summed E-state index contributed by atoms with van der Waals surface area (Å²) in [6.45, 7) is 11.5. The number of hydrogen-bond donors (Lipinski definition) is 1. The third-order valence-electron chi connectivity index (χ3n) is 5.34. The lowest BCUT2D eigenvalue weighted by atomic mass is 9.64. The minimum Gasteiger partial charge on any atom is -0.319 e. The second-order valence-corrected chi connectivity index (χ2v) is 7.86. The van der Waals surface area contributed by atoms with Crippen LogP contribution in [0.25, 0.3) is 0 Å². The monoisotopic (exact) mass is 291 g/mol. The van der Waals surface area contributed by atoms with Crippen molar-refractivity contribution in [2.45, 2.75) is 59.9 Å². The zero-order chi connectivity index (χ0) is 15.5. The molecule has 1 saturated carbocycles. The Labute approximate surface area is 130 Å². The number of aromatic nitrogens is 2. The predicted octanol–water partition coefficient (Wildman–Crippen LogP) is 3.74. The first-order chi connectivity index (χ1) is 9.94. The van der Waals surface area contributed by atoms with E-state index in [0.29, 0.717) is 5.41 Å². The zero-order valence-corrected chi connectivity index (χ0v) is 14.5. The van der Waals surface area contributed by atoms with Gasteiger partial charge in [0.1, 0.15) is 0 Å². The normalized spacial score (nSPS) is 27.0. The van der Waals surface area contributed by atoms with Crippen LogP contribution < -0.4 is 5.32 Å². The van der Waals surface area contributed by atoms with E-state index in [-0.39, 0.29) is 0 Å². The van der Waals surface area contributed by atoms with E-state index >= 15 is 0 Å². The number of hydrogen-bond acceptors (Lipinski definition) is 2. The molecule has 1 fully saturated rings. The molecule has 3 atom stereocenters. The van der Waals surface area contributed by atoms with Gasteiger partial charge in [-0.1, -0.05) is 20.8 Å². The van der Waals surface area contributed by atoms with Crippen molar-refractivity contribution in [1.82, 2.24) is 15.1 Å². The molecule has 1 aromatic heterocycles. The molecule has 2 rings (SSSR count). The summed E-state index contributed by atoms with van der Waals surface area (Å²) in [5, 5.41) is 7.84. The van der Waals surface area contributed by atoms with Crippen LogP contribution in [0.3, 0.4) is 0 Å². The van der Waals surface area contributed by atoms with Crippen LogP contribution in [0, 0.1) is 23.2 Å². The Morgan fingerprint density at radius 2 is 2.05 bits per heavy atom. The third-order valence-corrected chi connectivity index (χ3v) is 5.34. The van der Waals surface area contributed by atoms with Gasteiger partial charge in [0.05, 0.1) is 6.20 Å². The van der Waals surface area contributed by atoms with E-state index in [2.05, 4.69) is 57.6 Å². The Morgan fingerprint density at radius 3 is 2.62 bits per heavy atom. The molecule has 120 valence electrons. The Kier molecular flexibility index (Phi) is 5.48. The van der Waals surface area contributed by atoms with E-state index in [1.165, 1.54) is 31.2 Å². The van der Waals surface area contributed by atoms with Crippen molar-refractivity contribution >= 4 is 0 Å². The van der Waals surface area contributed by atoms with Crippen molar-refractivity contribution in [1.29, 1.82) is 0 Å². The highest BCUT2D eigenvalue weighted by Gasteiger charge is 2.35. The van der Waals surface area contributed by atoms with Crippen LogP contribution in [0.4, 0.5) is 0 Å². The number of aryl methyl sites for hydroxylation is 1. The fourth-order valence-electron chi connectivity index (χ4n) is 3.88. The van der Waals surface area contributed by atoms with Crippen LogP contribution in [0.5, 0.6) is 0 Å². The Morgan fingerprint density at radius 1 is 1.29 bits per heavy atom. The molecule has 3 nitrogen and oxygen atoms in total. The Bertz CT molecular complexity index is 430. The van der Waals surface area contributed by atoms with Crippen molar-refractivity contribution < 1.29 is 0 Å². The minimum absolute atomic E-state index is 0.441. The maximum Gasteiger partial charge on any atom is 0.0521 e. The molecule has 1 aliphatic carbocycles. The van der Waals surface area contributed by atoms with E-state index < -0.39 is 0 Å². The fraction of sp³-hybridized carbons (Fsp3) is 0.833. The summed E-state index contributed by atoms with van der Waals surface area (Å²) in [4.78, 5) is 0. The molecule has 1 aliphatic rings. The van der Waals surface area contributed by atoms with Crippen molar-refractivity contribution in [2.24, 2.45) is 23.2 Å². The van der Waals surface area contributed by atoms with E-state index in [1.807, 2.05) is 4.68 Å². The van der Waals surface area contributed by atoms with Gasteiger partial charge < -0.3 is 5.32 Å². The summed E-state index contributed by atoms with van der Waals surface area (Å²) < 4.78 is 2.05. The van der Waals surface area contributed by atoms with Crippen LogP contribution in [0.1, 0.15) is 52.5 Å². The largest absolute Gasteiger partial charge is 0.319 e. The molecule has 3 heteroatoms. The van der Waals surface area contributed by atoms with Crippen molar-refractivity contribution in [3.8, 4) is 0 Å². The van der Waals surface area contributed by atoms with Gasteiger partial charge in [-0.15, -0.1) is 0 Å². The topological polar surface area (TPSA) is 29.9 Å². The quantitative estimate of drug-likeness (QED) is 0.895. The molecule has 0 aromatic carbocycles. The maximum atomic E-state index is 4.44. The molecule has 3 unspecified atom stereocenters. The van der Waals surface area contributed by atoms with E-state index in [1.54, 1.807) is 0 Å². The number of nitrogens with zero attached hydrogens (tertiary/aromatic N) is 2. The van der Waals surface area contributed by atoms with Crippen LogP contribution in [0.2, 0.25) is 0 Å². The van der Waals surface area contributed by atoms with Gasteiger partial charge in [-0.25, -0.2) is 0 Å². The van der Waals surface area contributed by atoms with Gasteiger partial charge in [0, 0.05) is 12.7 Å². The highest BCUT2D eigenvalue weighted by molar-refractivity contribution is 5.06. The summed E-state index contributed by atoms with van der Waals surface area (Å²) in [6.07, 6.45) is 9.62. The van der Waals surface area contributed by atoms with Crippen LogP contribution in [0.15, 0.2) is 12.4 Å². The van der Waals surface area contributed by atoms with Gasteiger partial charge in [-0.05, 0) is 74.9 Å². The molecular weight excluding hydrogens is 258 g/mol. The van der Waals surface area contributed by atoms with E-state index in [9.17, 15) is 0 Å². The average Bonchev–Trinajstić information content (AvgIpc) is 2.87. The fourth-order valence-corrected chi connectivity index (χ4v) is 3.88. The van der Waals surface area contributed by atoms with E-state index in [4.69, 9.17) is 0 Å². The van der Waals surface area contributed by atoms with Gasteiger partial charge in [0.15, 0.2) is 0 Å². The van der Waals surface area contributed by atoms with Gasteiger partial charge in [-0.3, -0.25) is 4.68 Å². The lowest BCUT2D eigenvalue weighted by molar-refractivity contribution is 0.0980. The summed E-state index contributed by atoms with van der Waals surface area (Å²) in [7, 11) is 2.09. The van der Waals surface area contributed by atoms with E-state index in [0.717, 1.165) is 30.8 Å². The summed E-state index contributed by atoms with van der Waals surface area (Å²) in [6, 6.07) is 0. The number of rotatable bonds is 5. The summed E-state index contributed by atoms with van der Waals surface area (Å²) in [5.41, 5.74) is 1.86. The second-order valence-electron chi connectivity index (χ2n) is 7.86. The Hall–Kier alpha value is -0.830. The molecular formula is C18H33N3.